The Kier molecular flexibility index (Phi) is 3.30. The Morgan fingerprint density at radius 2 is 2.22 bits per heavy atom. The zero-order valence-electron chi connectivity index (χ0n) is 10.5. The van der Waals surface area contributed by atoms with Crippen molar-refractivity contribution in [3.05, 3.63) is 30.2 Å². The van der Waals surface area contributed by atoms with Gasteiger partial charge in [-0.25, -0.2) is 4.98 Å². The van der Waals surface area contributed by atoms with E-state index in [1.165, 1.54) is 19.3 Å². The van der Waals surface area contributed by atoms with Crippen molar-refractivity contribution >= 4 is 11.1 Å². The van der Waals surface area contributed by atoms with Crippen molar-refractivity contribution in [2.24, 2.45) is 5.73 Å². The largest absolute Gasteiger partial charge is 0.439 e. The summed E-state index contributed by atoms with van der Waals surface area (Å²) >= 11 is 0. The summed E-state index contributed by atoms with van der Waals surface area (Å²) < 4.78 is 5.77. The molecule has 2 N–H and O–H groups in total. The topological polar surface area (TPSA) is 55.3 Å². The molecule has 3 rings (SSSR count). The van der Waals surface area contributed by atoms with Crippen LogP contribution in [-0.4, -0.2) is 29.0 Å². The number of piperidine rings is 1. The van der Waals surface area contributed by atoms with Gasteiger partial charge in [0.15, 0.2) is 5.58 Å². The molecule has 18 heavy (non-hydrogen) atoms. The maximum atomic E-state index is 5.83. The van der Waals surface area contributed by atoms with E-state index in [4.69, 9.17) is 10.2 Å². The Bertz CT molecular complexity index is 489. The van der Waals surface area contributed by atoms with Crippen molar-refractivity contribution in [2.45, 2.75) is 31.8 Å². The zero-order valence-corrected chi connectivity index (χ0v) is 10.5. The summed E-state index contributed by atoms with van der Waals surface area (Å²) in [5.74, 6) is 0.802. The van der Waals surface area contributed by atoms with E-state index in [2.05, 4.69) is 9.88 Å². The highest BCUT2D eigenvalue weighted by atomic mass is 16.3. The van der Waals surface area contributed by atoms with Crippen LogP contribution in [0.3, 0.4) is 0 Å². The maximum Gasteiger partial charge on any atom is 0.209 e. The Morgan fingerprint density at radius 1 is 1.33 bits per heavy atom. The number of para-hydroxylation sites is 2. The molecule has 4 nitrogen and oxygen atoms in total. The third-order valence-corrected chi connectivity index (χ3v) is 3.70. The molecule has 2 aromatic rings. The van der Waals surface area contributed by atoms with Crippen LogP contribution in [-0.2, 0) is 6.54 Å². The number of nitrogens with two attached hydrogens (primary N) is 1. The number of hydrogen-bond donors (Lipinski definition) is 1. The van der Waals surface area contributed by atoms with Gasteiger partial charge >= 0.3 is 0 Å². The van der Waals surface area contributed by atoms with Gasteiger partial charge in [0.1, 0.15) is 5.52 Å². The molecule has 0 radical (unpaired) electrons. The number of benzene rings is 1. The van der Waals surface area contributed by atoms with E-state index in [1.54, 1.807) is 0 Å². The van der Waals surface area contributed by atoms with Crippen LogP contribution in [0.25, 0.3) is 11.1 Å². The molecule has 0 spiro atoms. The van der Waals surface area contributed by atoms with Crippen molar-refractivity contribution < 1.29 is 4.42 Å². The molecule has 1 aliphatic rings. The maximum absolute atomic E-state index is 5.83. The normalized spacial score (nSPS) is 21.5. The Labute approximate surface area is 107 Å². The monoisotopic (exact) mass is 245 g/mol. The standard InChI is InChI=1S/C14H19N3O/c15-9-11-5-3-4-8-17(11)10-14-16-12-6-1-2-7-13(12)18-14/h1-2,6-7,11H,3-5,8-10,15H2. The molecule has 4 heteroatoms. The highest BCUT2D eigenvalue weighted by molar-refractivity contribution is 5.72. The van der Waals surface area contributed by atoms with Crippen molar-refractivity contribution in [3.8, 4) is 0 Å². The van der Waals surface area contributed by atoms with Crippen LogP contribution in [0.5, 0.6) is 0 Å². The van der Waals surface area contributed by atoms with Crippen LogP contribution < -0.4 is 5.73 Å². The van der Waals surface area contributed by atoms with Gasteiger partial charge in [0.2, 0.25) is 5.89 Å². The Balaban J connectivity index is 1.78. The quantitative estimate of drug-likeness (QED) is 0.900. The smallest absolute Gasteiger partial charge is 0.209 e. The number of rotatable bonds is 3. The summed E-state index contributed by atoms with van der Waals surface area (Å²) in [5.41, 5.74) is 7.64. The van der Waals surface area contributed by atoms with Gasteiger partial charge in [0.25, 0.3) is 0 Å². The average molecular weight is 245 g/mol. The second kappa shape index (κ2) is 5.08. The molecule has 1 unspecified atom stereocenters. The molecule has 96 valence electrons. The lowest BCUT2D eigenvalue weighted by Crippen LogP contribution is -2.43. The van der Waals surface area contributed by atoms with E-state index in [0.717, 1.165) is 36.6 Å². The lowest BCUT2D eigenvalue weighted by atomic mass is 10.0. The molecule has 1 fully saturated rings. The van der Waals surface area contributed by atoms with Gasteiger partial charge in [0.05, 0.1) is 6.54 Å². The van der Waals surface area contributed by atoms with E-state index in [1.807, 2.05) is 24.3 Å². The van der Waals surface area contributed by atoms with Gasteiger partial charge in [-0.3, -0.25) is 4.90 Å². The third kappa shape index (κ3) is 2.26. The first kappa shape index (κ1) is 11.7. The molecule has 0 saturated carbocycles. The van der Waals surface area contributed by atoms with Crippen molar-refractivity contribution in [2.75, 3.05) is 13.1 Å². The minimum Gasteiger partial charge on any atom is -0.439 e. The van der Waals surface area contributed by atoms with E-state index >= 15 is 0 Å². The molecule has 1 aromatic carbocycles. The number of oxazole rings is 1. The number of nitrogens with zero attached hydrogens (tertiary/aromatic N) is 2. The fraction of sp³-hybridized carbons (Fsp3) is 0.500. The van der Waals surface area contributed by atoms with Crippen molar-refractivity contribution in [1.82, 2.24) is 9.88 Å². The third-order valence-electron chi connectivity index (χ3n) is 3.70. The second-order valence-corrected chi connectivity index (χ2v) is 4.93. The van der Waals surface area contributed by atoms with Crippen LogP contribution >= 0.6 is 0 Å². The molecule has 1 aliphatic heterocycles. The van der Waals surface area contributed by atoms with Gasteiger partial charge in [-0.15, -0.1) is 0 Å². The first-order chi connectivity index (χ1) is 8.86. The van der Waals surface area contributed by atoms with Crippen LogP contribution in [0, 0.1) is 0 Å². The summed E-state index contributed by atoms with van der Waals surface area (Å²) in [7, 11) is 0. The van der Waals surface area contributed by atoms with Gasteiger partial charge in [-0.2, -0.15) is 0 Å². The average Bonchev–Trinajstić information content (AvgIpc) is 2.81. The zero-order chi connectivity index (χ0) is 12.4. The van der Waals surface area contributed by atoms with Crippen molar-refractivity contribution in [1.29, 1.82) is 0 Å². The summed E-state index contributed by atoms with van der Waals surface area (Å²) in [6.45, 7) is 2.59. The molecule has 2 heterocycles. The van der Waals surface area contributed by atoms with Crippen LogP contribution in [0.2, 0.25) is 0 Å². The number of fused-ring (bicyclic) bond motifs is 1. The lowest BCUT2D eigenvalue weighted by Gasteiger charge is -2.33. The van der Waals surface area contributed by atoms with E-state index in [9.17, 15) is 0 Å². The van der Waals surface area contributed by atoms with E-state index < -0.39 is 0 Å². The van der Waals surface area contributed by atoms with Crippen LogP contribution in [0.1, 0.15) is 25.2 Å². The molecule has 1 saturated heterocycles. The highest BCUT2D eigenvalue weighted by Crippen LogP contribution is 2.21. The molecule has 0 aliphatic carbocycles. The van der Waals surface area contributed by atoms with E-state index in [-0.39, 0.29) is 0 Å². The first-order valence-electron chi connectivity index (χ1n) is 6.65. The van der Waals surface area contributed by atoms with Gasteiger partial charge < -0.3 is 10.2 Å². The molecular formula is C14H19N3O. The number of hydrogen-bond acceptors (Lipinski definition) is 4. The number of likely N-dealkylation sites (tertiary alicyclic amines) is 1. The van der Waals surface area contributed by atoms with Crippen LogP contribution in [0.4, 0.5) is 0 Å². The summed E-state index contributed by atoms with van der Waals surface area (Å²) in [5, 5.41) is 0. The minimum absolute atomic E-state index is 0.480. The first-order valence-corrected chi connectivity index (χ1v) is 6.65. The molecular weight excluding hydrogens is 226 g/mol. The molecule has 1 aromatic heterocycles. The summed E-state index contributed by atoms with van der Waals surface area (Å²) in [6, 6.07) is 8.38. The predicted octanol–water partition coefficient (Wildman–Crippen LogP) is 2.14. The number of aromatic nitrogens is 1. The minimum atomic E-state index is 0.480. The fourth-order valence-electron chi connectivity index (χ4n) is 2.70. The predicted molar refractivity (Wildman–Crippen MR) is 71.1 cm³/mol. The molecule has 0 bridgehead atoms. The highest BCUT2D eigenvalue weighted by Gasteiger charge is 2.22. The molecule has 0 amide bonds. The summed E-state index contributed by atoms with van der Waals surface area (Å²) in [6.07, 6.45) is 3.72. The Morgan fingerprint density at radius 3 is 3.06 bits per heavy atom. The SMILES string of the molecule is NCC1CCCCN1Cc1nc2ccccc2o1. The van der Waals surface area contributed by atoms with Gasteiger partial charge in [0, 0.05) is 12.6 Å². The fourth-order valence-corrected chi connectivity index (χ4v) is 2.70. The van der Waals surface area contributed by atoms with E-state index in [0.29, 0.717) is 6.04 Å². The second-order valence-electron chi connectivity index (χ2n) is 4.93. The van der Waals surface area contributed by atoms with Crippen molar-refractivity contribution in [3.63, 3.8) is 0 Å². The van der Waals surface area contributed by atoms with Gasteiger partial charge in [-0.1, -0.05) is 18.6 Å². The molecule has 1 atom stereocenters. The van der Waals surface area contributed by atoms with Gasteiger partial charge in [-0.05, 0) is 31.5 Å². The Hall–Kier alpha value is -1.39. The lowest BCUT2D eigenvalue weighted by molar-refractivity contribution is 0.133. The van der Waals surface area contributed by atoms with Crippen LogP contribution in [0.15, 0.2) is 28.7 Å². The summed E-state index contributed by atoms with van der Waals surface area (Å²) in [4.78, 5) is 6.92.